The molecule has 0 spiro atoms. The maximum absolute atomic E-state index is 13.7. The molecule has 4 rings (SSSR count). The van der Waals surface area contributed by atoms with Gasteiger partial charge in [-0.15, -0.1) is 10.2 Å². The molecule has 0 radical (unpaired) electrons. The number of hydrogen-bond donors (Lipinski definition) is 1. The fourth-order valence-corrected chi connectivity index (χ4v) is 3.10. The van der Waals surface area contributed by atoms with Gasteiger partial charge in [0.1, 0.15) is 17.5 Å². The summed E-state index contributed by atoms with van der Waals surface area (Å²) in [6.45, 7) is 0.903. The zero-order valence-corrected chi connectivity index (χ0v) is 13.9. The zero-order chi connectivity index (χ0) is 18.1. The predicted octanol–water partition coefficient (Wildman–Crippen LogP) is 3.81. The van der Waals surface area contributed by atoms with Gasteiger partial charge in [0, 0.05) is 30.3 Å². The van der Waals surface area contributed by atoms with Gasteiger partial charge in [-0.05, 0) is 49.2 Å². The summed E-state index contributed by atoms with van der Waals surface area (Å²) in [7, 11) is 0. The van der Waals surface area contributed by atoms with Crippen molar-refractivity contribution in [3.05, 3.63) is 65.5 Å². The molecule has 0 bridgehead atoms. The maximum atomic E-state index is 13.7. The second-order valence-electron chi connectivity index (χ2n) is 6.20. The topological polar surface area (TPSA) is 59.8 Å². The van der Waals surface area contributed by atoms with Crippen LogP contribution in [-0.4, -0.2) is 20.7 Å². The third-order valence-electron chi connectivity index (χ3n) is 4.44. The summed E-state index contributed by atoms with van der Waals surface area (Å²) in [6.07, 6.45) is 3.17. The van der Waals surface area contributed by atoms with E-state index in [2.05, 4.69) is 20.1 Å². The summed E-state index contributed by atoms with van der Waals surface area (Å²) < 4.78 is 28.8. The van der Waals surface area contributed by atoms with Crippen LogP contribution in [0.2, 0.25) is 0 Å². The van der Waals surface area contributed by atoms with Crippen molar-refractivity contribution in [3.8, 4) is 11.4 Å². The molecule has 5 nitrogen and oxygen atoms in total. The highest BCUT2D eigenvalue weighted by molar-refractivity contribution is 6.04. The number of carbonyl (C=O) groups excluding carboxylic acids is 1. The number of nitrogens with zero attached hydrogens (tertiary/aromatic N) is 3. The van der Waals surface area contributed by atoms with Gasteiger partial charge in [0.25, 0.3) is 5.91 Å². The van der Waals surface area contributed by atoms with Crippen LogP contribution in [0.15, 0.2) is 42.5 Å². The molecule has 3 aromatic rings. The Balaban J connectivity index is 1.53. The van der Waals surface area contributed by atoms with E-state index < -0.39 is 17.5 Å². The van der Waals surface area contributed by atoms with E-state index in [9.17, 15) is 13.6 Å². The van der Waals surface area contributed by atoms with Crippen LogP contribution < -0.4 is 5.32 Å². The van der Waals surface area contributed by atoms with Gasteiger partial charge in [0.15, 0.2) is 5.82 Å². The summed E-state index contributed by atoms with van der Waals surface area (Å²) in [5.74, 6) is -0.443. The smallest absolute Gasteiger partial charge is 0.258 e. The highest BCUT2D eigenvalue weighted by Gasteiger charge is 2.17. The first-order valence-electron chi connectivity index (χ1n) is 8.41. The predicted molar refractivity (Wildman–Crippen MR) is 92.7 cm³/mol. The number of aryl methyl sites for hydroxylation is 1. The average Bonchev–Trinajstić information content (AvgIpc) is 3.06. The molecule has 2 aromatic carbocycles. The summed E-state index contributed by atoms with van der Waals surface area (Å²) in [6, 6.07) is 9.97. The van der Waals surface area contributed by atoms with Gasteiger partial charge in [-0.2, -0.15) is 0 Å². The number of fused-ring (bicyclic) bond motifs is 1. The van der Waals surface area contributed by atoms with Crippen molar-refractivity contribution in [2.75, 3.05) is 5.32 Å². The lowest BCUT2D eigenvalue weighted by molar-refractivity contribution is 0.102. The van der Waals surface area contributed by atoms with Gasteiger partial charge >= 0.3 is 0 Å². The molecule has 0 saturated carbocycles. The molecule has 0 atom stereocenters. The molecular formula is C19H16F2N4O. The molecule has 132 valence electrons. The Morgan fingerprint density at radius 3 is 2.62 bits per heavy atom. The largest absolute Gasteiger partial charge is 0.322 e. The van der Waals surface area contributed by atoms with Crippen molar-refractivity contribution in [2.45, 2.75) is 25.8 Å². The Morgan fingerprint density at radius 1 is 1.04 bits per heavy atom. The Kier molecular flexibility index (Phi) is 4.20. The Bertz CT molecular complexity index is 966. The number of anilines is 1. The summed E-state index contributed by atoms with van der Waals surface area (Å²) in [4.78, 5) is 12.2. The van der Waals surface area contributed by atoms with Crippen molar-refractivity contribution in [1.29, 1.82) is 0 Å². The zero-order valence-electron chi connectivity index (χ0n) is 13.9. The molecule has 0 fully saturated rings. The van der Waals surface area contributed by atoms with Crippen LogP contribution in [0.4, 0.5) is 14.5 Å². The molecule has 0 saturated heterocycles. The fourth-order valence-electron chi connectivity index (χ4n) is 3.10. The van der Waals surface area contributed by atoms with Crippen LogP contribution in [-0.2, 0) is 13.0 Å². The van der Waals surface area contributed by atoms with E-state index >= 15 is 0 Å². The summed E-state index contributed by atoms with van der Waals surface area (Å²) in [5, 5.41) is 11.1. The van der Waals surface area contributed by atoms with Crippen LogP contribution in [0.1, 0.15) is 29.0 Å². The highest BCUT2D eigenvalue weighted by Crippen LogP contribution is 2.24. The second kappa shape index (κ2) is 6.67. The van der Waals surface area contributed by atoms with E-state index in [0.717, 1.165) is 55.2 Å². The number of nitrogens with one attached hydrogen (secondary N) is 1. The number of amides is 1. The lowest BCUT2D eigenvalue weighted by atomic mass is 10.1. The van der Waals surface area contributed by atoms with Gasteiger partial charge in [-0.25, -0.2) is 8.78 Å². The number of halogens is 2. The van der Waals surface area contributed by atoms with Gasteiger partial charge in [0.2, 0.25) is 0 Å². The third kappa shape index (κ3) is 3.08. The molecule has 26 heavy (non-hydrogen) atoms. The first-order valence-corrected chi connectivity index (χ1v) is 8.41. The molecule has 1 amide bonds. The first kappa shape index (κ1) is 16.4. The fraction of sp³-hybridized carbons (Fsp3) is 0.211. The molecule has 0 unspecified atom stereocenters. The quantitative estimate of drug-likeness (QED) is 0.778. The molecule has 1 aromatic heterocycles. The van der Waals surface area contributed by atoms with Crippen molar-refractivity contribution < 1.29 is 13.6 Å². The SMILES string of the molecule is O=C(Nc1ccc(-c2nnc3n2CCCC3)cc1)c1ccc(F)cc1F. The van der Waals surface area contributed by atoms with Crippen LogP contribution >= 0.6 is 0 Å². The Labute approximate surface area is 148 Å². The first-order chi connectivity index (χ1) is 12.6. The van der Waals surface area contributed by atoms with Crippen molar-refractivity contribution >= 4 is 11.6 Å². The molecule has 1 aliphatic heterocycles. The normalized spacial score (nSPS) is 13.3. The molecule has 2 heterocycles. The van der Waals surface area contributed by atoms with Gasteiger partial charge in [-0.3, -0.25) is 4.79 Å². The Morgan fingerprint density at radius 2 is 1.85 bits per heavy atom. The van der Waals surface area contributed by atoms with Crippen LogP contribution in [0.25, 0.3) is 11.4 Å². The summed E-state index contributed by atoms with van der Waals surface area (Å²) >= 11 is 0. The lowest BCUT2D eigenvalue weighted by Crippen LogP contribution is -2.14. The van der Waals surface area contributed by atoms with Crippen LogP contribution in [0.3, 0.4) is 0 Å². The monoisotopic (exact) mass is 354 g/mol. The van der Waals surface area contributed by atoms with E-state index in [-0.39, 0.29) is 5.56 Å². The number of carbonyl (C=O) groups is 1. The van der Waals surface area contributed by atoms with Crippen molar-refractivity contribution in [3.63, 3.8) is 0 Å². The summed E-state index contributed by atoms with van der Waals surface area (Å²) in [5.41, 5.74) is 1.21. The van der Waals surface area contributed by atoms with E-state index in [1.54, 1.807) is 12.1 Å². The minimum atomic E-state index is -0.894. The number of rotatable bonds is 3. The van der Waals surface area contributed by atoms with Crippen LogP contribution in [0, 0.1) is 11.6 Å². The van der Waals surface area contributed by atoms with Gasteiger partial charge in [-0.1, -0.05) is 0 Å². The lowest BCUT2D eigenvalue weighted by Gasteiger charge is -2.14. The number of benzene rings is 2. The van der Waals surface area contributed by atoms with E-state index in [0.29, 0.717) is 11.8 Å². The average molecular weight is 354 g/mol. The number of hydrogen-bond acceptors (Lipinski definition) is 3. The van der Waals surface area contributed by atoms with Gasteiger partial charge < -0.3 is 9.88 Å². The van der Waals surface area contributed by atoms with E-state index in [1.807, 2.05) is 12.1 Å². The molecule has 1 N–H and O–H groups in total. The standard InChI is InChI=1S/C19H16F2N4O/c20-13-6-9-15(16(21)11-13)19(26)22-14-7-4-12(5-8-14)18-24-23-17-3-1-2-10-25(17)18/h4-9,11H,1-3,10H2,(H,22,26). The number of aromatic nitrogens is 3. The third-order valence-corrected chi connectivity index (χ3v) is 4.44. The second-order valence-corrected chi connectivity index (χ2v) is 6.20. The van der Waals surface area contributed by atoms with Gasteiger partial charge in [0.05, 0.1) is 5.56 Å². The maximum Gasteiger partial charge on any atom is 0.258 e. The molecular weight excluding hydrogens is 338 g/mol. The minimum Gasteiger partial charge on any atom is -0.322 e. The van der Waals surface area contributed by atoms with Crippen LogP contribution in [0.5, 0.6) is 0 Å². The Hall–Kier alpha value is -3.09. The molecule has 7 heteroatoms. The minimum absolute atomic E-state index is 0.206. The molecule has 1 aliphatic rings. The molecule has 0 aliphatic carbocycles. The van der Waals surface area contributed by atoms with E-state index in [4.69, 9.17) is 0 Å². The van der Waals surface area contributed by atoms with Crippen molar-refractivity contribution in [1.82, 2.24) is 14.8 Å². The van der Waals surface area contributed by atoms with E-state index in [1.165, 1.54) is 0 Å². The highest BCUT2D eigenvalue weighted by atomic mass is 19.1. The van der Waals surface area contributed by atoms with Crippen molar-refractivity contribution in [2.24, 2.45) is 0 Å².